The van der Waals surface area contributed by atoms with Gasteiger partial charge in [-0.1, -0.05) is 111 Å². The second-order valence-corrected chi connectivity index (χ2v) is 13.3. The molecule has 2 nitrogen and oxygen atoms in total. The van der Waals surface area contributed by atoms with Crippen LogP contribution in [0.2, 0.25) is 0 Å². The first kappa shape index (κ1) is 31.3. The van der Waals surface area contributed by atoms with E-state index in [1.165, 1.54) is 33.5 Å². The lowest BCUT2D eigenvalue weighted by Gasteiger charge is -2.33. The first-order valence-electron chi connectivity index (χ1n) is 15.9. The van der Waals surface area contributed by atoms with E-state index in [1.54, 1.807) is 23.9 Å². The molecule has 0 aliphatic carbocycles. The summed E-state index contributed by atoms with van der Waals surface area (Å²) in [6, 6.07) is 31.6. The van der Waals surface area contributed by atoms with Crippen molar-refractivity contribution in [2.24, 2.45) is 0 Å². The van der Waals surface area contributed by atoms with Gasteiger partial charge in [-0.15, -0.1) is 0 Å². The molecule has 45 heavy (non-hydrogen) atoms. The van der Waals surface area contributed by atoms with E-state index < -0.39 is 17.2 Å². The van der Waals surface area contributed by atoms with Crippen molar-refractivity contribution in [2.75, 3.05) is 18.0 Å². The Bertz CT molecular complexity index is 1860. The van der Waals surface area contributed by atoms with E-state index in [4.69, 9.17) is 0 Å². The van der Waals surface area contributed by atoms with Gasteiger partial charge in [0.15, 0.2) is 0 Å². The average Bonchev–Trinajstić information content (AvgIpc) is 3.40. The molecular weight excluding hydrogens is 586 g/mol. The molecule has 1 atom stereocenters. The van der Waals surface area contributed by atoms with Crippen molar-refractivity contribution in [3.05, 3.63) is 125 Å². The molecule has 0 fully saturated rings. The number of anilines is 1. The van der Waals surface area contributed by atoms with Gasteiger partial charge in [-0.3, -0.25) is 0 Å². The van der Waals surface area contributed by atoms with Gasteiger partial charge in [0.25, 0.3) is 0 Å². The number of nitrogens with two attached hydrogens (primary N) is 1. The third kappa shape index (κ3) is 6.23. The number of alkyl halides is 3. The van der Waals surface area contributed by atoms with Crippen LogP contribution in [-0.2, 0) is 18.0 Å². The molecule has 2 N–H and O–H groups in total. The monoisotopic (exact) mass is 625 g/mol. The molecule has 1 aliphatic rings. The van der Waals surface area contributed by atoms with Gasteiger partial charge in [-0.2, -0.15) is 13.2 Å². The van der Waals surface area contributed by atoms with Gasteiger partial charge < -0.3 is 10.2 Å². The lowest BCUT2D eigenvalue weighted by molar-refractivity contribution is -0.572. The Labute approximate surface area is 268 Å². The van der Waals surface area contributed by atoms with Gasteiger partial charge >= 0.3 is 6.18 Å². The zero-order chi connectivity index (χ0) is 31.6. The van der Waals surface area contributed by atoms with Crippen molar-refractivity contribution in [3.8, 4) is 0 Å². The van der Waals surface area contributed by atoms with Crippen LogP contribution in [0.15, 0.2) is 113 Å². The summed E-state index contributed by atoms with van der Waals surface area (Å²) in [6.07, 6.45) is 0.708. The Morgan fingerprint density at radius 1 is 0.778 bits per heavy atom. The van der Waals surface area contributed by atoms with Gasteiger partial charge in [0, 0.05) is 22.4 Å². The van der Waals surface area contributed by atoms with Crippen molar-refractivity contribution >= 4 is 44.7 Å². The molecule has 0 amide bonds. The molecule has 0 spiro atoms. The summed E-state index contributed by atoms with van der Waals surface area (Å²) in [4.78, 5) is 3.64. The van der Waals surface area contributed by atoms with Crippen molar-refractivity contribution < 1.29 is 18.5 Å². The highest BCUT2D eigenvalue weighted by Crippen LogP contribution is 2.51. The predicted molar refractivity (Wildman–Crippen MR) is 183 cm³/mol. The average molecular weight is 626 g/mol. The van der Waals surface area contributed by atoms with Crippen LogP contribution in [0.5, 0.6) is 0 Å². The van der Waals surface area contributed by atoms with Crippen LogP contribution in [-0.4, -0.2) is 13.1 Å². The molecule has 1 heterocycles. The van der Waals surface area contributed by atoms with Crippen LogP contribution >= 0.6 is 11.8 Å². The summed E-state index contributed by atoms with van der Waals surface area (Å²) in [5.74, 6) is 0. The Kier molecular flexibility index (Phi) is 8.98. The molecule has 5 aromatic carbocycles. The molecular formula is C39H40F3N2S+. The first-order valence-corrected chi connectivity index (χ1v) is 16.7. The maximum absolute atomic E-state index is 14.3. The Balaban J connectivity index is 1.51. The summed E-state index contributed by atoms with van der Waals surface area (Å²) in [5, 5.41) is 8.06. The van der Waals surface area contributed by atoms with Gasteiger partial charge in [0.1, 0.15) is 5.69 Å². The molecule has 5 aromatic rings. The molecule has 0 radical (unpaired) electrons. The van der Waals surface area contributed by atoms with E-state index in [1.807, 2.05) is 12.1 Å². The van der Waals surface area contributed by atoms with Crippen molar-refractivity contribution in [3.63, 3.8) is 0 Å². The zero-order valence-electron chi connectivity index (χ0n) is 26.1. The van der Waals surface area contributed by atoms with E-state index >= 15 is 0 Å². The summed E-state index contributed by atoms with van der Waals surface area (Å²) in [5.41, 5.74) is 2.60. The molecule has 0 saturated carbocycles. The largest absolute Gasteiger partial charge is 0.416 e. The quantitative estimate of drug-likeness (QED) is 0.156. The highest BCUT2D eigenvalue weighted by Gasteiger charge is 2.38. The molecule has 0 saturated heterocycles. The molecule has 1 aliphatic heterocycles. The third-order valence-corrected chi connectivity index (χ3v) is 10.1. The van der Waals surface area contributed by atoms with E-state index in [-0.39, 0.29) is 6.42 Å². The molecule has 6 heteroatoms. The van der Waals surface area contributed by atoms with Gasteiger partial charge in [-0.25, -0.2) is 0 Å². The van der Waals surface area contributed by atoms with Crippen LogP contribution < -0.4 is 10.2 Å². The number of nitrogens with zero attached hydrogens (tertiary/aromatic N) is 1. The number of hydrogen-bond donors (Lipinski definition) is 1. The second-order valence-electron chi connectivity index (χ2n) is 12.3. The van der Waals surface area contributed by atoms with E-state index in [0.717, 1.165) is 53.0 Å². The SMILES string of the molecule is CCC[NH2+]c1ccc2ccccc2c1C(C)(C/C=C1\Sc2c(ccc3ccccc23)N1CCC)Cc1ccccc1C(F)(F)F. The number of allylic oxidation sites excluding steroid dienone is 1. The zero-order valence-corrected chi connectivity index (χ0v) is 26.9. The van der Waals surface area contributed by atoms with Crippen LogP contribution in [0.1, 0.15) is 56.7 Å². The smallest absolute Gasteiger partial charge is 0.335 e. The van der Waals surface area contributed by atoms with Gasteiger partial charge in [-0.05, 0) is 77.1 Å². The van der Waals surface area contributed by atoms with Gasteiger partial charge in [0.2, 0.25) is 0 Å². The van der Waals surface area contributed by atoms with Crippen LogP contribution in [0.3, 0.4) is 0 Å². The minimum atomic E-state index is -4.42. The fourth-order valence-corrected chi connectivity index (χ4v) is 8.07. The minimum Gasteiger partial charge on any atom is -0.335 e. The number of quaternary nitrogens is 1. The fourth-order valence-electron chi connectivity index (χ4n) is 6.81. The minimum absolute atomic E-state index is 0.266. The van der Waals surface area contributed by atoms with Crippen molar-refractivity contribution in [1.82, 2.24) is 0 Å². The maximum atomic E-state index is 14.3. The number of thioether (sulfide) groups is 1. The van der Waals surface area contributed by atoms with Crippen molar-refractivity contribution in [1.29, 1.82) is 0 Å². The lowest BCUT2D eigenvalue weighted by Crippen LogP contribution is -2.78. The van der Waals surface area contributed by atoms with Gasteiger partial charge in [0.05, 0.1) is 22.8 Å². The molecule has 232 valence electrons. The molecule has 0 aromatic heterocycles. The van der Waals surface area contributed by atoms with Crippen LogP contribution in [0.25, 0.3) is 21.5 Å². The Hall–Kier alpha value is -3.74. The Morgan fingerprint density at radius 3 is 2.18 bits per heavy atom. The van der Waals surface area contributed by atoms with Crippen LogP contribution in [0, 0.1) is 0 Å². The topological polar surface area (TPSA) is 19.9 Å². The lowest BCUT2D eigenvalue weighted by atomic mass is 9.71. The Morgan fingerprint density at radius 2 is 1.44 bits per heavy atom. The second kappa shape index (κ2) is 12.9. The summed E-state index contributed by atoms with van der Waals surface area (Å²) >= 11 is 1.78. The number of hydrogen-bond acceptors (Lipinski definition) is 2. The predicted octanol–water partition coefficient (Wildman–Crippen LogP) is 10.4. The highest BCUT2D eigenvalue weighted by molar-refractivity contribution is 8.04. The standard InChI is InChI=1S/C39H39F3N2S/c1-4-24-43-33-20-18-27-12-6-9-15-30(27)36(33)38(3,26-29-14-8-11-17-32(29)39(40,41)42)23-22-35-44(25-5-2)34-21-19-28-13-7-10-16-31(28)37(34)45-35/h6-22,43H,4-5,23-26H2,1-3H3/p+1/b35-22-. The highest BCUT2D eigenvalue weighted by atomic mass is 32.2. The molecule has 0 bridgehead atoms. The fraction of sp³-hybridized carbons (Fsp3) is 0.282. The van der Waals surface area contributed by atoms with E-state index in [9.17, 15) is 13.2 Å². The molecule has 1 unspecified atom stereocenters. The van der Waals surface area contributed by atoms with E-state index in [2.05, 4.69) is 97.7 Å². The number of rotatable bonds is 10. The molecule has 6 rings (SSSR count). The van der Waals surface area contributed by atoms with Crippen molar-refractivity contribution in [2.45, 2.75) is 62.9 Å². The summed E-state index contributed by atoms with van der Waals surface area (Å²) < 4.78 is 43.0. The number of fused-ring (bicyclic) bond motifs is 4. The van der Waals surface area contributed by atoms with Crippen LogP contribution in [0.4, 0.5) is 24.5 Å². The maximum Gasteiger partial charge on any atom is 0.416 e. The number of halogens is 3. The van der Waals surface area contributed by atoms with E-state index in [0.29, 0.717) is 12.0 Å². The normalized spacial score (nSPS) is 15.6. The third-order valence-electron chi connectivity index (χ3n) is 8.92. The number of benzene rings is 5. The summed E-state index contributed by atoms with van der Waals surface area (Å²) in [7, 11) is 0. The summed E-state index contributed by atoms with van der Waals surface area (Å²) in [6.45, 7) is 8.28. The first-order chi connectivity index (χ1) is 21.7.